The van der Waals surface area contributed by atoms with Crippen LogP contribution in [0.1, 0.15) is 68.7 Å². The van der Waals surface area contributed by atoms with Crippen molar-refractivity contribution in [3.63, 3.8) is 0 Å². The van der Waals surface area contributed by atoms with Crippen molar-refractivity contribution in [2.45, 2.75) is 63.8 Å². The number of anilines is 4. The lowest BCUT2D eigenvalue weighted by molar-refractivity contribution is -0.131. The van der Waals surface area contributed by atoms with Gasteiger partial charge < -0.3 is 56.2 Å². The van der Waals surface area contributed by atoms with Gasteiger partial charge in [0.1, 0.15) is 13.2 Å². The van der Waals surface area contributed by atoms with Crippen molar-refractivity contribution in [3.05, 3.63) is 124 Å². The molecule has 76 heavy (non-hydrogen) atoms. The van der Waals surface area contributed by atoms with Crippen LogP contribution in [0.15, 0.2) is 96.0 Å². The zero-order chi connectivity index (χ0) is 53.0. The Labute approximate surface area is 437 Å². The van der Waals surface area contributed by atoms with Crippen LogP contribution in [-0.2, 0) is 50.0 Å². The van der Waals surface area contributed by atoms with Gasteiger partial charge in [-0.3, -0.25) is 43.5 Å². The van der Waals surface area contributed by atoms with Gasteiger partial charge in [0.05, 0.1) is 68.4 Å². The van der Waals surface area contributed by atoms with E-state index in [1.807, 2.05) is 59.5 Å². The van der Waals surface area contributed by atoms with Gasteiger partial charge >= 0.3 is 0 Å². The van der Waals surface area contributed by atoms with E-state index in [2.05, 4.69) is 26.6 Å². The molecule has 5 aromatic carbocycles. The van der Waals surface area contributed by atoms with Gasteiger partial charge in [-0.15, -0.1) is 0 Å². The first kappa shape index (κ1) is 50.6. The van der Waals surface area contributed by atoms with Gasteiger partial charge in [0, 0.05) is 60.2 Å². The fourth-order valence-corrected chi connectivity index (χ4v) is 10.6. The lowest BCUT2D eigenvalue weighted by Crippen LogP contribution is -2.44. The third-order valence-corrected chi connectivity index (χ3v) is 14.4. The highest BCUT2D eigenvalue weighted by Gasteiger charge is 2.39. The molecule has 4 heterocycles. The smallest absolute Gasteiger partial charge is 0.261 e. The number of primary amides is 1. The number of methoxy groups -OCH3 is 2. The van der Waals surface area contributed by atoms with Crippen LogP contribution in [-0.4, -0.2) is 100 Å². The van der Waals surface area contributed by atoms with Gasteiger partial charge in [-0.25, -0.2) is 0 Å². The number of aliphatic imine (C=N–C) groups is 1. The third kappa shape index (κ3) is 10.7. The Bertz CT molecular complexity index is 3190. The molecule has 10 rings (SSSR count). The van der Waals surface area contributed by atoms with E-state index in [1.165, 1.54) is 14.2 Å². The number of fused-ring (bicyclic) bond motifs is 8. The normalized spacial score (nSPS) is 18.7. The van der Waals surface area contributed by atoms with Crippen molar-refractivity contribution in [2.75, 3.05) is 60.8 Å². The number of carbonyl (C=O) groups is 7. The highest BCUT2D eigenvalue weighted by molar-refractivity contribution is 6.15. The van der Waals surface area contributed by atoms with Crippen LogP contribution in [0.4, 0.5) is 28.4 Å². The van der Waals surface area contributed by atoms with Crippen molar-refractivity contribution < 1.29 is 52.5 Å². The van der Waals surface area contributed by atoms with Crippen molar-refractivity contribution in [1.29, 1.82) is 0 Å². The maximum Gasteiger partial charge on any atom is 0.261 e. The summed E-state index contributed by atoms with van der Waals surface area (Å²) >= 11 is 0. The molecule has 0 saturated heterocycles. The molecule has 20 nitrogen and oxygen atoms in total. The molecule has 0 aromatic heterocycles. The Morgan fingerprint density at radius 1 is 0.645 bits per heavy atom. The number of carbonyl (C=O) groups excluding carboxylic acids is 7. The van der Waals surface area contributed by atoms with E-state index < -0.39 is 30.8 Å². The van der Waals surface area contributed by atoms with Crippen molar-refractivity contribution >= 4 is 76.0 Å². The number of amides is 7. The number of benzene rings is 5. The van der Waals surface area contributed by atoms with Crippen molar-refractivity contribution in [3.8, 4) is 23.0 Å². The molecule has 4 aliphatic heterocycles. The number of nitrogens with two attached hydrogens (primary N) is 1. The zero-order valence-corrected chi connectivity index (χ0v) is 41.9. The molecular weight excluding hydrogens is 975 g/mol. The largest absolute Gasteiger partial charge is 0.493 e. The van der Waals surface area contributed by atoms with E-state index in [0.29, 0.717) is 101 Å². The highest BCUT2D eigenvalue weighted by atomic mass is 16.5. The fourth-order valence-electron chi connectivity index (χ4n) is 10.6. The lowest BCUT2D eigenvalue weighted by atomic mass is 9.81. The van der Waals surface area contributed by atoms with Gasteiger partial charge in [0.2, 0.25) is 29.5 Å². The number of nitrogens with one attached hydrogen (secondary N) is 5. The molecule has 0 spiro atoms. The molecule has 5 aromatic rings. The Balaban J connectivity index is 0.821. The molecule has 7 N–H and O–H groups in total. The molecule has 7 amide bonds. The SMILES string of the molecule is COc1cc2c(cc1OCc1cc(COc3cc4c(cc3OC)C(=O)N3c5ccccc5C[C@H]3CN4)cc(NC(=O)CNC(=O)CNC(=O)CNC(=O)C3CCC(C(N)=O)CC3)c1)N=C[C@@H]1Cc3ccccc3N1C2=O. The van der Waals surface area contributed by atoms with E-state index in [4.69, 9.17) is 29.7 Å². The van der Waals surface area contributed by atoms with Crippen LogP contribution in [0.25, 0.3) is 0 Å². The average molecular weight is 1030 g/mol. The number of nitrogens with zero attached hydrogens (tertiary/aromatic N) is 3. The minimum atomic E-state index is -0.641. The summed E-state index contributed by atoms with van der Waals surface area (Å²) in [6, 6.07) is 27.3. The molecular formula is C56H57N9O11. The standard InChI is InChI=1S/C56H57N9O11/c1-73-46-20-40-42(58-24-38-18-35-7-3-5-9-44(35)64(38)55(40)71)22-48(46)75-29-31-15-32(30-76-49-23-43-41(21-47(49)74-2)56(72)65-39(25-59-43)19-36-8-4-6-10-45(36)65)17-37(16-31)63-52(68)28-61-50(66)26-60-51(67)27-62-54(70)34-13-11-33(12-14-34)53(57)69/h3-10,15-17,20-24,33-34,38-39,59H,11-14,18-19,25-30H2,1-2H3,(H2,57,69)(H,60,67)(H,61,66)(H,62,70)(H,63,68)/t33?,34?,38-,39-/m0/s1. The number of rotatable bonds is 17. The molecule has 1 aliphatic carbocycles. The van der Waals surface area contributed by atoms with Crippen LogP contribution in [0.2, 0.25) is 0 Å². The van der Waals surface area contributed by atoms with E-state index in [1.54, 1.807) is 47.5 Å². The summed E-state index contributed by atoms with van der Waals surface area (Å²) < 4.78 is 24.3. The summed E-state index contributed by atoms with van der Waals surface area (Å²) in [7, 11) is 2.98. The molecule has 392 valence electrons. The highest BCUT2D eigenvalue weighted by Crippen LogP contribution is 2.43. The monoisotopic (exact) mass is 1030 g/mol. The van der Waals surface area contributed by atoms with Crippen LogP contribution in [0.3, 0.4) is 0 Å². The summed E-state index contributed by atoms with van der Waals surface area (Å²) in [5, 5.41) is 13.8. The molecule has 1 saturated carbocycles. The number of hydrogen-bond donors (Lipinski definition) is 6. The zero-order valence-electron chi connectivity index (χ0n) is 41.9. The second-order valence-corrected chi connectivity index (χ2v) is 19.4. The Morgan fingerprint density at radius 3 is 1.87 bits per heavy atom. The summed E-state index contributed by atoms with van der Waals surface area (Å²) in [5.74, 6) is -2.11. The first-order valence-corrected chi connectivity index (χ1v) is 25.2. The van der Waals surface area contributed by atoms with Gasteiger partial charge in [0.25, 0.3) is 11.8 Å². The Kier molecular flexibility index (Phi) is 14.6. The first-order valence-electron chi connectivity index (χ1n) is 25.2. The number of hydrogen-bond acceptors (Lipinski definition) is 13. The summed E-state index contributed by atoms with van der Waals surface area (Å²) in [5.41, 5.74) is 12.7. The minimum absolute atomic E-state index is 0.0188. The molecule has 0 radical (unpaired) electrons. The van der Waals surface area contributed by atoms with Gasteiger partial charge in [0.15, 0.2) is 23.0 Å². The maximum atomic E-state index is 14.1. The number of para-hydroxylation sites is 2. The van der Waals surface area contributed by atoms with E-state index in [-0.39, 0.29) is 67.3 Å². The van der Waals surface area contributed by atoms with Crippen LogP contribution >= 0.6 is 0 Å². The van der Waals surface area contributed by atoms with E-state index >= 15 is 0 Å². The second kappa shape index (κ2) is 21.9. The fraction of sp³-hybridized carbons (Fsp3) is 0.321. The molecule has 1 fully saturated rings. The maximum absolute atomic E-state index is 14.1. The summed E-state index contributed by atoms with van der Waals surface area (Å²) in [6.07, 6.45) is 5.13. The van der Waals surface area contributed by atoms with E-state index in [9.17, 15) is 33.6 Å². The minimum Gasteiger partial charge on any atom is -0.493 e. The van der Waals surface area contributed by atoms with Crippen molar-refractivity contribution in [2.24, 2.45) is 22.6 Å². The molecule has 20 heteroatoms. The number of ether oxygens (including phenoxy) is 4. The average Bonchev–Trinajstić information content (AvgIpc) is 3.96. The topological polar surface area (TPSA) is 261 Å². The van der Waals surface area contributed by atoms with Gasteiger partial charge in [-0.2, -0.15) is 0 Å². The van der Waals surface area contributed by atoms with Gasteiger partial charge in [-0.1, -0.05) is 36.4 Å². The predicted molar refractivity (Wildman–Crippen MR) is 282 cm³/mol. The van der Waals surface area contributed by atoms with Crippen LogP contribution in [0, 0.1) is 11.8 Å². The summed E-state index contributed by atoms with van der Waals surface area (Å²) in [4.78, 5) is 99.2. The Morgan fingerprint density at radius 2 is 1.21 bits per heavy atom. The predicted octanol–water partition coefficient (Wildman–Crippen LogP) is 4.73. The summed E-state index contributed by atoms with van der Waals surface area (Å²) in [6.45, 7) is -0.763. The first-order chi connectivity index (χ1) is 36.8. The molecule has 0 bridgehead atoms. The van der Waals surface area contributed by atoms with Crippen LogP contribution in [0.5, 0.6) is 23.0 Å². The second-order valence-electron chi connectivity index (χ2n) is 19.4. The quantitative estimate of drug-likeness (QED) is 0.0739. The Hall–Kier alpha value is -8.94. The van der Waals surface area contributed by atoms with Crippen molar-refractivity contribution in [1.82, 2.24) is 16.0 Å². The third-order valence-electron chi connectivity index (χ3n) is 14.4. The van der Waals surface area contributed by atoms with Crippen LogP contribution < -0.4 is 61.1 Å². The molecule has 2 atom stereocenters. The van der Waals surface area contributed by atoms with E-state index in [0.717, 1.165) is 28.9 Å². The molecule has 5 aliphatic rings. The molecule has 0 unspecified atom stereocenters. The lowest BCUT2D eigenvalue weighted by Gasteiger charge is -2.25. The van der Waals surface area contributed by atoms with Gasteiger partial charge in [-0.05, 0) is 96.8 Å².